The van der Waals surface area contributed by atoms with Gasteiger partial charge in [0.1, 0.15) is 11.5 Å². The number of nitrogens with zero attached hydrogens (tertiary/aromatic N) is 1. The van der Waals surface area contributed by atoms with Gasteiger partial charge in [-0.3, -0.25) is 0 Å². The van der Waals surface area contributed by atoms with E-state index in [0.717, 1.165) is 0 Å². The first-order chi connectivity index (χ1) is 8.80. The van der Waals surface area contributed by atoms with Gasteiger partial charge in [0.15, 0.2) is 0 Å². The van der Waals surface area contributed by atoms with E-state index in [1.807, 2.05) is 0 Å². The van der Waals surface area contributed by atoms with Crippen molar-refractivity contribution in [1.82, 2.24) is 4.31 Å². The Morgan fingerprint density at radius 2 is 2.05 bits per heavy atom. The van der Waals surface area contributed by atoms with Gasteiger partial charge in [-0.2, -0.15) is 4.31 Å². The highest BCUT2D eigenvalue weighted by atomic mass is 35.5. The largest absolute Gasteiger partial charge is 0.384 e. The molecule has 0 saturated carbocycles. The van der Waals surface area contributed by atoms with Gasteiger partial charge in [-0.25, -0.2) is 8.42 Å². The van der Waals surface area contributed by atoms with Crippen molar-refractivity contribution in [3.63, 3.8) is 0 Å². The number of benzene rings is 1. The third kappa shape index (κ3) is 3.71. The molecule has 1 rings (SSSR count). The summed E-state index contributed by atoms with van der Waals surface area (Å²) < 4.78 is 25.8. The molecule has 0 saturated heterocycles. The number of halogens is 1. The van der Waals surface area contributed by atoms with Crippen LogP contribution in [0.4, 0.5) is 0 Å². The highest BCUT2D eigenvalue weighted by molar-refractivity contribution is 7.89. The van der Waals surface area contributed by atoms with Crippen molar-refractivity contribution < 1.29 is 13.5 Å². The van der Waals surface area contributed by atoms with Crippen LogP contribution in [0.25, 0.3) is 0 Å². The van der Waals surface area contributed by atoms with Crippen LogP contribution in [0.15, 0.2) is 23.1 Å². The summed E-state index contributed by atoms with van der Waals surface area (Å²) in [5.74, 6) is 5.15. The second kappa shape index (κ2) is 6.40. The molecule has 0 aromatic heterocycles. The van der Waals surface area contributed by atoms with Gasteiger partial charge in [0, 0.05) is 18.7 Å². The lowest BCUT2D eigenvalue weighted by molar-refractivity contribution is 0.350. The van der Waals surface area contributed by atoms with E-state index >= 15 is 0 Å². The predicted octanol–water partition coefficient (Wildman–Crippen LogP) is 1.71. The molecule has 0 unspecified atom stereocenters. The van der Waals surface area contributed by atoms with Crippen LogP contribution >= 0.6 is 11.6 Å². The summed E-state index contributed by atoms with van der Waals surface area (Å²) in [6.45, 7) is 3.31. The maximum absolute atomic E-state index is 12.3. The number of rotatable bonds is 3. The third-order valence-electron chi connectivity index (χ3n) is 2.63. The topological polar surface area (TPSA) is 57.6 Å². The molecule has 6 heteroatoms. The summed E-state index contributed by atoms with van der Waals surface area (Å²) in [5.41, 5.74) is 0.560. The molecule has 0 atom stereocenters. The van der Waals surface area contributed by atoms with Crippen LogP contribution in [0.5, 0.6) is 0 Å². The average molecular weight is 302 g/mol. The molecule has 0 aliphatic heterocycles. The second-order valence-corrected chi connectivity index (χ2v) is 6.59. The van der Waals surface area contributed by atoms with Crippen LogP contribution < -0.4 is 0 Å². The fourth-order valence-electron chi connectivity index (χ4n) is 1.36. The van der Waals surface area contributed by atoms with Crippen LogP contribution in [0.1, 0.15) is 19.4 Å². The van der Waals surface area contributed by atoms with Crippen LogP contribution in [-0.4, -0.2) is 37.5 Å². The molecule has 0 heterocycles. The Bertz CT molecular complexity index is 615. The molecule has 0 amide bonds. The van der Waals surface area contributed by atoms with Crippen molar-refractivity contribution in [2.75, 3.05) is 13.7 Å². The zero-order valence-electron chi connectivity index (χ0n) is 11.0. The Morgan fingerprint density at radius 1 is 1.42 bits per heavy atom. The molecule has 104 valence electrons. The molecular weight excluding hydrogens is 286 g/mol. The van der Waals surface area contributed by atoms with Crippen molar-refractivity contribution in [2.45, 2.75) is 24.8 Å². The lowest BCUT2D eigenvalue weighted by atomic mass is 10.2. The van der Waals surface area contributed by atoms with Crippen molar-refractivity contribution >= 4 is 21.6 Å². The molecule has 1 aromatic rings. The highest BCUT2D eigenvalue weighted by Crippen LogP contribution is 2.25. The Balaban J connectivity index is 3.23. The normalized spacial score (nSPS) is 11.5. The van der Waals surface area contributed by atoms with E-state index in [-0.39, 0.29) is 22.6 Å². The number of aliphatic hydroxyl groups excluding tert-OH is 1. The van der Waals surface area contributed by atoms with E-state index in [9.17, 15) is 8.42 Å². The van der Waals surface area contributed by atoms with Gasteiger partial charge in [0.25, 0.3) is 0 Å². The van der Waals surface area contributed by atoms with Crippen LogP contribution in [0, 0.1) is 11.8 Å². The van der Waals surface area contributed by atoms with Crippen molar-refractivity contribution in [3.8, 4) is 11.8 Å². The smallest absolute Gasteiger partial charge is 0.244 e. The highest BCUT2D eigenvalue weighted by Gasteiger charge is 2.25. The van der Waals surface area contributed by atoms with Crippen LogP contribution in [-0.2, 0) is 10.0 Å². The van der Waals surface area contributed by atoms with Gasteiger partial charge in [-0.15, -0.1) is 0 Å². The van der Waals surface area contributed by atoms with E-state index in [1.54, 1.807) is 19.9 Å². The lowest BCUT2D eigenvalue weighted by Crippen LogP contribution is -2.33. The van der Waals surface area contributed by atoms with Gasteiger partial charge in [0.05, 0.1) is 5.02 Å². The van der Waals surface area contributed by atoms with E-state index in [1.165, 1.54) is 23.5 Å². The molecule has 0 bridgehead atoms. The fourth-order valence-corrected chi connectivity index (χ4v) is 3.25. The van der Waals surface area contributed by atoms with Crippen LogP contribution in [0.2, 0.25) is 5.02 Å². The minimum Gasteiger partial charge on any atom is -0.384 e. The van der Waals surface area contributed by atoms with Crippen molar-refractivity contribution in [3.05, 3.63) is 28.8 Å². The summed E-state index contributed by atoms with van der Waals surface area (Å²) >= 11 is 6.01. The molecule has 0 aliphatic carbocycles. The van der Waals surface area contributed by atoms with Crippen molar-refractivity contribution in [2.24, 2.45) is 0 Å². The molecule has 0 fully saturated rings. The number of aliphatic hydroxyl groups is 1. The summed E-state index contributed by atoms with van der Waals surface area (Å²) in [6.07, 6.45) is 0. The zero-order chi connectivity index (χ0) is 14.6. The molecule has 0 radical (unpaired) electrons. The summed E-state index contributed by atoms with van der Waals surface area (Å²) in [6, 6.07) is 4.31. The first kappa shape index (κ1) is 16.0. The average Bonchev–Trinajstić information content (AvgIpc) is 2.34. The molecule has 4 nitrogen and oxygen atoms in total. The zero-order valence-corrected chi connectivity index (χ0v) is 12.6. The predicted molar refractivity (Wildman–Crippen MR) is 75.5 cm³/mol. The Morgan fingerprint density at radius 3 is 2.53 bits per heavy atom. The minimum absolute atomic E-state index is 0.0555. The Hall–Kier alpha value is -1.06. The molecule has 0 spiro atoms. The van der Waals surface area contributed by atoms with Gasteiger partial charge >= 0.3 is 0 Å². The maximum atomic E-state index is 12.3. The van der Waals surface area contributed by atoms with Crippen molar-refractivity contribution in [1.29, 1.82) is 0 Å². The maximum Gasteiger partial charge on any atom is 0.244 e. The Kier molecular flexibility index (Phi) is 5.39. The molecule has 19 heavy (non-hydrogen) atoms. The molecular formula is C13H16ClNO3S. The molecule has 1 N–H and O–H groups in total. The van der Waals surface area contributed by atoms with E-state index < -0.39 is 10.0 Å². The lowest BCUT2D eigenvalue weighted by Gasteiger charge is -2.21. The standard InChI is InChI=1S/C13H16ClNO3S/c1-10(2)15(3)19(17,18)13-7-6-11(5-4-8-16)9-12(13)14/h6-7,9-10,16H,8H2,1-3H3. The summed E-state index contributed by atoms with van der Waals surface area (Å²) in [4.78, 5) is 0.0555. The first-order valence-corrected chi connectivity index (χ1v) is 7.49. The van der Waals surface area contributed by atoms with Gasteiger partial charge in [0.2, 0.25) is 10.0 Å². The van der Waals surface area contributed by atoms with E-state index in [2.05, 4.69) is 11.8 Å². The fraction of sp³-hybridized carbons (Fsp3) is 0.385. The quantitative estimate of drug-likeness (QED) is 0.865. The number of hydrogen-bond acceptors (Lipinski definition) is 3. The minimum atomic E-state index is -3.60. The third-order valence-corrected chi connectivity index (χ3v) is 5.14. The van der Waals surface area contributed by atoms with E-state index in [0.29, 0.717) is 5.56 Å². The molecule has 1 aromatic carbocycles. The monoisotopic (exact) mass is 301 g/mol. The number of sulfonamides is 1. The summed E-state index contributed by atoms with van der Waals surface area (Å²) in [7, 11) is -2.09. The Labute approximate surface area is 119 Å². The summed E-state index contributed by atoms with van der Waals surface area (Å²) in [5, 5.41) is 8.73. The van der Waals surface area contributed by atoms with E-state index in [4.69, 9.17) is 16.7 Å². The van der Waals surface area contributed by atoms with Crippen LogP contribution in [0.3, 0.4) is 0 Å². The van der Waals surface area contributed by atoms with Gasteiger partial charge in [-0.1, -0.05) is 23.4 Å². The van der Waals surface area contributed by atoms with Gasteiger partial charge < -0.3 is 5.11 Å². The van der Waals surface area contributed by atoms with Gasteiger partial charge in [-0.05, 0) is 32.0 Å². The molecule has 0 aliphatic rings. The SMILES string of the molecule is CC(C)N(C)S(=O)(=O)c1ccc(C#CCO)cc1Cl. The first-order valence-electron chi connectivity index (χ1n) is 5.68. The number of hydrogen-bond donors (Lipinski definition) is 1. The second-order valence-electron chi connectivity index (χ2n) is 4.22.